The number of benzene rings is 1. The number of hydrogen-bond donors (Lipinski definition) is 1. The molecule has 1 aliphatic carbocycles. The molecule has 0 bridgehead atoms. The van der Waals surface area contributed by atoms with Crippen molar-refractivity contribution in [2.45, 2.75) is 77.2 Å². The summed E-state index contributed by atoms with van der Waals surface area (Å²) in [5, 5.41) is 3.18. The van der Waals surface area contributed by atoms with Crippen molar-refractivity contribution in [3.8, 4) is 0 Å². The van der Waals surface area contributed by atoms with E-state index in [-0.39, 0.29) is 6.03 Å². The van der Waals surface area contributed by atoms with Crippen LogP contribution in [0.1, 0.15) is 75.3 Å². The first-order chi connectivity index (χ1) is 14.8. The number of amides is 2. The molecule has 166 valence electrons. The predicted octanol–water partition coefficient (Wildman–Crippen LogP) is 5.22. The molecule has 4 nitrogen and oxygen atoms in total. The van der Waals surface area contributed by atoms with Crippen LogP contribution in [0, 0.1) is 11.8 Å². The molecule has 1 aromatic carbocycles. The second-order valence-electron chi connectivity index (χ2n) is 9.86. The summed E-state index contributed by atoms with van der Waals surface area (Å²) in [6.07, 6.45) is 14.4. The lowest BCUT2D eigenvalue weighted by Crippen LogP contribution is -2.41. The maximum Gasteiger partial charge on any atom is 0.317 e. The Bertz CT molecular complexity index is 647. The lowest BCUT2D eigenvalue weighted by molar-refractivity contribution is 0.194. The van der Waals surface area contributed by atoms with E-state index in [4.69, 9.17) is 0 Å². The van der Waals surface area contributed by atoms with Gasteiger partial charge in [-0.25, -0.2) is 4.79 Å². The number of urea groups is 1. The van der Waals surface area contributed by atoms with Crippen LogP contribution in [0.25, 0.3) is 0 Å². The van der Waals surface area contributed by atoms with E-state index in [0.29, 0.717) is 0 Å². The van der Waals surface area contributed by atoms with Gasteiger partial charge in [0.15, 0.2) is 0 Å². The Morgan fingerprint density at radius 3 is 2.20 bits per heavy atom. The zero-order chi connectivity index (χ0) is 20.6. The largest absolute Gasteiger partial charge is 0.338 e. The Morgan fingerprint density at radius 1 is 0.767 bits per heavy atom. The molecule has 4 rings (SSSR count). The van der Waals surface area contributed by atoms with Gasteiger partial charge in [0.1, 0.15) is 0 Å². The van der Waals surface area contributed by atoms with Crippen molar-refractivity contribution in [2.24, 2.45) is 11.8 Å². The number of nitrogens with zero attached hydrogens (tertiary/aromatic N) is 2. The Labute approximate surface area is 183 Å². The van der Waals surface area contributed by atoms with Crippen LogP contribution in [0.4, 0.5) is 4.79 Å². The number of likely N-dealkylation sites (tertiary alicyclic amines) is 2. The molecular weight excluding hydrogens is 370 g/mol. The Balaban J connectivity index is 1.16. The highest BCUT2D eigenvalue weighted by Crippen LogP contribution is 2.35. The van der Waals surface area contributed by atoms with Gasteiger partial charge in [-0.2, -0.15) is 0 Å². The SMILES string of the molecule is O=C(NCCc1ccc(CN2CCCC2)cc1)N1CCCC(C2CCCCC2)CC1. The second kappa shape index (κ2) is 11.2. The van der Waals surface area contributed by atoms with Gasteiger partial charge in [-0.05, 0) is 74.6 Å². The zero-order valence-electron chi connectivity index (χ0n) is 18.8. The van der Waals surface area contributed by atoms with Crippen LogP contribution in [0.2, 0.25) is 0 Å². The summed E-state index contributed by atoms with van der Waals surface area (Å²) in [5.74, 6) is 1.78. The third kappa shape index (κ3) is 6.23. The summed E-state index contributed by atoms with van der Waals surface area (Å²) in [4.78, 5) is 17.3. The van der Waals surface area contributed by atoms with Gasteiger partial charge in [-0.15, -0.1) is 0 Å². The van der Waals surface area contributed by atoms with Crippen molar-refractivity contribution in [1.82, 2.24) is 15.1 Å². The fraction of sp³-hybridized carbons (Fsp3) is 0.731. The molecule has 1 atom stereocenters. The van der Waals surface area contributed by atoms with Crippen LogP contribution in [0.15, 0.2) is 24.3 Å². The first-order valence-electron chi connectivity index (χ1n) is 12.6. The molecule has 0 spiro atoms. The van der Waals surface area contributed by atoms with Crippen molar-refractivity contribution in [3.05, 3.63) is 35.4 Å². The first kappa shape index (κ1) is 21.7. The fourth-order valence-corrected chi connectivity index (χ4v) is 5.84. The monoisotopic (exact) mass is 411 g/mol. The molecule has 1 N–H and O–H groups in total. The van der Waals surface area contributed by atoms with Crippen molar-refractivity contribution in [3.63, 3.8) is 0 Å². The number of hydrogen-bond acceptors (Lipinski definition) is 2. The summed E-state index contributed by atoms with van der Waals surface area (Å²) in [5.41, 5.74) is 2.72. The van der Waals surface area contributed by atoms with Gasteiger partial charge in [-0.1, -0.05) is 56.4 Å². The molecule has 3 fully saturated rings. The molecule has 2 aliphatic heterocycles. The molecule has 1 aromatic rings. The standard InChI is InChI=1S/C26H41N3O/c30-26(29-19-6-9-25(15-20-29)24-7-2-1-3-8-24)27-16-14-22-10-12-23(13-11-22)21-28-17-4-5-18-28/h10-13,24-25H,1-9,14-21H2,(H,27,30). The van der Waals surface area contributed by atoms with E-state index in [1.807, 2.05) is 0 Å². The molecule has 4 heteroatoms. The molecule has 2 heterocycles. The van der Waals surface area contributed by atoms with E-state index < -0.39 is 0 Å². The van der Waals surface area contributed by atoms with Crippen molar-refractivity contribution in [2.75, 3.05) is 32.7 Å². The smallest absolute Gasteiger partial charge is 0.317 e. The van der Waals surface area contributed by atoms with Crippen LogP contribution in [-0.4, -0.2) is 48.6 Å². The number of carbonyl (C=O) groups is 1. The minimum Gasteiger partial charge on any atom is -0.338 e. The highest BCUT2D eigenvalue weighted by molar-refractivity contribution is 5.74. The summed E-state index contributed by atoms with van der Waals surface area (Å²) in [6, 6.07) is 9.13. The minimum absolute atomic E-state index is 0.143. The second-order valence-corrected chi connectivity index (χ2v) is 9.86. The maximum absolute atomic E-state index is 12.7. The van der Waals surface area contributed by atoms with E-state index in [2.05, 4.69) is 39.4 Å². The Morgan fingerprint density at radius 2 is 1.43 bits per heavy atom. The highest BCUT2D eigenvalue weighted by atomic mass is 16.2. The van der Waals surface area contributed by atoms with Gasteiger partial charge in [0.25, 0.3) is 0 Å². The molecular formula is C26H41N3O. The average Bonchev–Trinajstić information content (AvgIpc) is 3.16. The van der Waals surface area contributed by atoms with E-state index in [0.717, 1.165) is 44.4 Å². The molecule has 1 saturated carbocycles. The number of carbonyl (C=O) groups excluding carboxylic acids is 1. The van der Waals surface area contributed by atoms with Crippen LogP contribution in [0.3, 0.4) is 0 Å². The molecule has 0 aromatic heterocycles. The van der Waals surface area contributed by atoms with E-state index in [9.17, 15) is 4.79 Å². The van der Waals surface area contributed by atoms with Gasteiger partial charge in [-0.3, -0.25) is 4.90 Å². The van der Waals surface area contributed by atoms with Gasteiger partial charge in [0, 0.05) is 26.2 Å². The topological polar surface area (TPSA) is 35.6 Å². The molecule has 2 amide bonds. The maximum atomic E-state index is 12.7. The van der Waals surface area contributed by atoms with E-state index in [1.54, 1.807) is 0 Å². The normalized spacial score (nSPS) is 24.0. The van der Waals surface area contributed by atoms with Crippen LogP contribution >= 0.6 is 0 Å². The van der Waals surface area contributed by atoms with Crippen LogP contribution < -0.4 is 5.32 Å². The molecule has 3 aliphatic rings. The van der Waals surface area contributed by atoms with Gasteiger partial charge >= 0.3 is 6.03 Å². The zero-order valence-corrected chi connectivity index (χ0v) is 18.8. The Kier molecular flexibility index (Phi) is 8.08. The average molecular weight is 412 g/mol. The van der Waals surface area contributed by atoms with Crippen LogP contribution in [-0.2, 0) is 13.0 Å². The molecule has 1 unspecified atom stereocenters. The summed E-state index contributed by atoms with van der Waals surface area (Å²) >= 11 is 0. The number of nitrogens with one attached hydrogen (secondary N) is 1. The van der Waals surface area contributed by atoms with Crippen LogP contribution in [0.5, 0.6) is 0 Å². The minimum atomic E-state index is 0.143. The van der Waals surface area contributed by atoms with Crippen molar-refractivity contribution >= 4 is 6.03 Å². The predicted molar refractivity (Wildman–Crippen MR) is 124 cm³/mol. The Hall–Kier alpha value is -1.55. The van der Waals surface area contributed by atoms with E-state index in [1.165, 1.54) is 88.4 Å². The van der Waals surface area contributed by atoms with Gasteiger partial charge in [0.2, 0.25) is 0 Å². The fourth-order valence-electron chi connectivity index (χ4n) is 5.84. The summed E-state index contributed by atoms with van der Waals surface area (Å²) in [7, 11) is 0. The lowest BCUT2D eigenvalue weighted by atomic mass is 9.77. The third-order valence-corrected chi connectivity index (χ3v) is 7.69. The number of rotatable bonds is 6. The van der Waals surface area contributed by atoms with Crippen molar-refractivity contribution in [1.29, 1.82) is 0 Å². The lowest BCUT2D eigenvalue weighted by Gasteiger charge is -2.29. The molecule has 0 radical (unpaired) electrons. The van der Waals surface area contributed by atoms with Gasteiger partial charge < -0.3 is 10.2 Å². The molecule has 2 saturated heterocycles. The molecule has 30 heavy (non-hydrogen) atoms. The van der Waals surface area contributed by atoms with Crippen molar-refractivity contribution < 1.29 is 4.79 Å². The summed E-state index contributed by atoms with van der Waals surface area (Å²) in [6.45, 7) is 6.16. The highest BCUT2D eigenvalue weighted by Gasteiger charge is 2.27. The quantitative estimate of drug-likeness (QED) is 0.697. The third-order valence-electron chi connectivity index (χ3n) is 7.69. The van der Waals surface area contributed by atoms with E-state index >= 15 is 0 Å². The summed E-state index contributed by atoms with van der Waals surface area (Å²) < 4.78 is 0. The first-order valence-corrected chi connectivity index (χ1v) is 12.6. The van der Waals surface area contributed by atoms with Gasteiger partial charge in [0.05, 0.1) is 0 Å².